The Hall–Kier alpha value is -2.65. The lowest BCUT2D eigenvalue weighted by Gasteiger charge is -2.40. The molecule has 2 heterocycles. The predicted octanol–water partition coefficient (Wildman–Crippen LogP) is 7.07. The molecule has 5 rings (SSSR count). The van der Waals surface area contributed by atoms with Gasteiger partial charge in [-0.3, -0.25) is 9.59 Å². The summed E-state index contributed by atoms with van der Waals surface area (Å²) in [5.41, 5.74) is 1.93. The molecule has 2 N–H and O–H groups in total. The van der Waals surface area contributed by atoms with Gasteiger partial charge in [0.2, 0.25) is 11.8 Å². The van der Waals surface area contributed by atoms with Crippen molar-refractivity contribution in [1.82, 2.24) is 20.0 Å². The molecular weight excluding hydrogens is 691 g/mol. The van der Waals surface area contributed by atoms with E-state index in [1.165, 1.54) is 0 Å². The molecule has 274 valence electrons. The smallest absolute Gasteiger partial charge is 0.222 e. The average molecular weight is 746 g/mol. The fourth-order valence-electron chi connectivity index (χ4n) is 7.59. The van der Waals surface area contributed by atoms with E-state index < -0.39 is 11.0 Å². The molecule has 0 atom stereocenters. The molecule has 0 aliphatic carbocycles. The second-order valence-electron chi connectivity index (χ2n) is 14.1. The summed E-state index contributed by atoms with van der Waals surface area (Å²) in [6.45, 7) is 4.84. The van der Waals surface area contributed by atoms with E-state index in [2.05, 4.69) is 63.6 Å². The topological polar surface area (TPSA) is 76.1 Å². The summed E-state index contributed by atoms with van der Waals surface area (Å²) in [5, 5.41) is 15.4. The monoisotopic (exact) mass is 744 g/mol. The van der Waals surface area contributed by atoms with Gasteiger partial charge < -0.3 is 25.1 Å². The van der Waals surface area contributed by atoms with Crippen molar-refractivity contribution in [2.45, 2.75) is 74.8 Å². The van der Waals surface area contributed by atoms with Gasteiger partial charge in [0.25, 0.3) is 0 Å². The summed E-state index contributed by atoms with van der Waals surface area (Å²) in [5.74, 6) is 0.279. The van der Waals surface area contributed by atoms with E-state index in [1.807, 2.05) is 55.4 Å². The van der Waals surface area contributed by atoms with Crippen LogP contribution in [-0.4, -0.2) is 91.0 Å². The maximum absolute atomic E-state index is 13.9. The number of likely N-dealkylation sites (tertiary alicyclic amines) is 2. The molecule has 7 nitrogen and oxygen atoms in total. The Balaban J connectivity index is 0.00000338. The molecule has 0 saturated carbocycles. The van der Waals surface area contributed by atoms with Crippen molar-refractivity contribution < 1.29 is 14.7 Å². The highest BCUT2D eigenvalue weighted by atomic mass is 35.5. The highest BCUT2D eigenvalue weighted by Gasteiger charge is 2.38. The van der Waals surface area contributed by atoms with E-state index in [4.69, 9.17) is 11.6 Å². The number of hydrogen-bond acceptors (Lipinski definition) is 5. The van der Waals surface area contributed by atoms with Crippen LogP contribution in [0.15, 0.2) is 84.9 Å². The number of benzene rings is 3. The maximum atomic E-state index is 13.9. The number of nitrogens with one attached hydrogen (secondary N) is 1. The van der Waals surface area contributed by atoms with Gasteiger partial charge in [0.15, 0.2) is 0 Å². The van der Waals surface area contributed by atoms with Gasteiger partial charge in [-0.2, -0.15) is 0 Å². The van der Waals surface area contributed by atoms with Gasteiger partial charge in [0, 0.05) is 55.5 Å². The van der Waals surface area contributed by atoms with Crippen molar-refractivity contribution in [3.8, 4) is 0 Å². The Labute approximate surface area is 316 Å². The summed E-state index contributed by atoms with van der Waals surface area (Å²) in [7, 11) is 4.06. The van der Waals surface area contributed by atoms with Crippen LogP contribution >= 0.6 is 36.4 Å². The van der Waals surface area contributed by atoms with Crippen LogP contribution in [0.1, 0.15) is 74.5 Å². The van der Waals surface area contributed by atoms with Gasteiger partial charge in [-0.15, -0.1) is 24.8 Å². The number of aliphatic hydroxyl groups is 1. The fourth-order valence-corrected chi connectivity index (χ4v) is 7.72. The second kappa shape index (κ2) is 19.8. The third kappa shape index (κ3) is 11.2. The summed E-state index contributed by atoms with van der Waals surface area (Å²) in [6, 6.07) is 28.6. The number of carbonyl (C=O) groups is 2. The second-order valence-corrected chi connectivity index (χ2v) is 14.5. The molecule has 2 amide bonds. The minimum Gasteiger partial charge on any atom is -0.385 e. The van der Waals surface area contributed by atoms with Crippen LogP contribution in [0, 0.1) is 0 Å². The number of hydrogen-bond donors (Lipinski definition) is 2. The van der Waals surface area contributed by atoms with Crippen LogP contribution in [0.25, 0.3) is 0 Å². The van der Waals surface area contributed by atoms with E-state index in [0.29, 0.717) is 43.8 Å². The zero-order valence-corrected chi connectivity index (χ0v) is 32.0. The average Bonchev–Trinajstić information content (AvgIpc) is 3.10. The van der Waals surface area contributed by atoms with Crippen LogP contribution in [0.4, 0.5) is 0 Å². The lowest BCUT2D eigenvalue weighted by molar-refractivity contribution is -0.132. The zero-order valence-electron chi connectivity index (χ0n) is 29.6. The first kappa shape index (κ1) is 41.8. The quantitative estimate of drug-likeness (QED) is 0.185. The minimum absolute atomic E-state index is 0. The van der Waals surface area contributed by atoms with Crippen molar-refractivity contribution in [3.05, 3.63) is 107 Å². The fraction of sp³-hybridized carbons (Fsp3) is 0.500. The summed E-state index contributed by atoms with van der Waals surface area (Å²) >= 11 is 6.09. The molecule has 3 aromatic carbocycles. The number of halogens is 3. The Morgan fingerprint density at radius 3 is 1.96 bits per heavy atom. The minimum atomic E-state index is -0.827. The van der Waals surface area contributed by atoms with Crippen LogP contribution in [0.5, 0.6) is 0 Å². The predicted molar refractivity (Wildman–Crippen MR) is 209 cm³/mol. The van der Waals surface area contributed by atoms with Gasteiger partial charge in [-0.25, -0.2) is 0 Å². The van der Waals surface area contributed by atoms with E-state index in [-0.39, 0.29) is 42.7 Å². The van der Waals surface area contributed by atoms with E-state index >= 15 is 0 Å². The molecule has 0 bridgehead atoms. The molecular formula is C40H55Cl3N4O3. The number of amides is 2. The van der Waals surface area contributed by atoms with E-state index in [0.717, 1.165) is 75.0 Å². The molecule has 2 saturated heterocycles. The highest BCUT2D eigenvalue weighted by molar-refractivity contribution is 6.30. The third-order valence-electron chi connectivity index (χ3n) is 10.5. The lowest BCUT2D eigenvalue weighted by atomic mass is 9.68. The Morgan fingerprint density at radius 2 is 1.42 bits per heavy atom. The molecule has 0 spiro atoms. The zero-order chi connectivity index (χ0) is 34.0. The van der Waals surface area contributed by atoms with Crippen molar-refractivity contribution in [2.24, 2.45) is 0 Å². The SMILES string of the molecule is CN(C)CCCC(=O)N1CCC(NC(=O)CC(CCCN2CCC(O)(c3ccc(Cl)cc3)CC2)(c2ccccc2)c2ccccc2)CC1.Cl.Cl. The number of carbonyl (C=O) groups excluding carboxylic acids is 2. The molecule has 0 unspecified atom stereocenters. The molecule has 50 heavy (non-hydrogen) atoms. The summed E-state index contributed by atoms with van der Waals surface area (Å²) in [6.07, 6.45) is 6.48. The Kier molecular flexibility index (Phi) is 16.6. The molecule has 3 aromatic rings. The molecule has 2 aliphatic heterocycles. The summed E-state index contributed by atoms with van der Waals surface area (Å²) in [4.78, 5) is 33.2. The third-order valence-corrected chi connectivity index (χ3v) is 10.7. The van der Waals surface area contributed by atoms with Gasteiger partial charge in [-0.1, -0.05) is 84.4 Å². The largest absolute Gasteiger partial charge is 0.385 e. The van der Waals surface area contributed by atoms with Gasteiger partial charge in [-0.05, 0) is 101 Å². The first-order chi connectivity index (χ1) is 23.2. The van der Waals surface area contributed by atoms with Crippen molar-refractivity contribution in [3.63, 3.8) is 0 Å². The van der Waals surface area contributed by atoms with Crippen LogP contribution in [-0.2, 0) is 20.6 Å². The first-order valence-corrected chi connectivity index (χ1v) is 18.1. The van der Waals surface area contributed by atoms with Crippen molar-refractivity contribution in [2.75, 3.05) is 53.4 Å². The van der Waals surface area contributed by atoms with E-state index in [1.54, 1.807) is 0 Å². The normalized spacial score (nSPS) is 16.7. The first-order valence-electron chi connectivity index (χ1n) is 17.7. The molecule has 0 radical (unpaired) electrons. The van der Waals surface area contributed by atoms with Crippen molar-refractivity contribution >= 4 is 48.2 Å². The molecule has 10 heteroatoms. The van der Waals surface area contributed by atoms with Crippen LogP contribution in [0.3, 0.4) is 0 Å². The van der Waals surface area contributed by atoms with Crippen LogP contribution < -0.4 is 5.32 Å². The van der Waals surface area contributed by atoms with Gasteiger partial charge in [0.05, 0.1) is 5.60 Å². The molecule has 0 aromatic heterocycles. The lowest BCUT2D eigenvalue weighted by Crippen LogP contribution is -2.48. The maximum Gasteiger partial charge on any atom is 0.222 e. The Bertz CT molecular complexity index is 1400. The van der Waals surface area contributed by atoms with E-state index in [9.17, 15) is 14.7 Å². The van der Waals surface area contributed by atoms with Gasteiger partial charge >= 0.3 is 0 Å². The molecule has 2 aliphatic rings. The number of nitrogens with zero attached hydrogens (tertiary/aromatic N) is 3. The molecule has 2 fully saturated rings. The number of rotatable bonds is 14. The number of piperidine rings is 2. The highest BCUT2D eigenvalue weighted by Crippen LogP contribution is 2.41. The Morgan fingerprint density at radius 1 is 0.860 bits per heavy atom. The summed E-state index contributed by atoms with van der Waals surface area (Å²) < 4.78 is 0. The van der Waals surface area contributed by atoms with Crippen LogP contribution in [0.2, 0.25) is 5.02 Å². The standard InChI is InChI=1S/C40H53ClN4O3.2ClH/c1-43(2)25-9-15-38(47)45-27-20-36(21-28-45)42-37(46)31-39(32-11-5-3-6-12-32,33-13-7-4-8-14-33)22-10-26-44-29-23-40(48,24-30-44)34-16-18-35(41)19-17-34;;/h3-8,11-14,16-19,36,48H,9-10,15,20-31H2,1-2H3,(H,42,46);2*1H. The van der Waals surface area contributed by atoms with Crippen molar-refractivity contribution in [1.29, 1.82) is 0 Å². The van der Waals surface area contributed by atoms with Gasteiger partial charge in [0.1, 0.15) is 0 Å².